The number of rotatable bonds is 4. The highest BCUT2D eigenvalue weighted by Crippen LogP contribution is 2.30. The summed E-state index contributed by atoms with van der Waals surface area (Å²) in [5.74, 6) is -0.581. The molecule has 0 saturated carbocycles. The van der Waals surface area contributed by atoms with Crippen molar-refractivity contribution in [3.8, 4) is 11.8 Å². The summed E-state index contributed by atoms with van der Waals surface area (Å²) in [5, 5.41) is 9.19. The number of hydrogen-bond donors (Lipinski definition) is 1. The van der Waals surface area contributed by atoms with Crippen LogP contribution >= 0.6 is 11.8 Å². The molecular formula is C20H17N3O2S. The second kappa shape index (κ2) is 7.38. The molecule has 1 heterocycles. The summed E-state index contributed by atoms with van der Waals surface area (Å²) >= 11 is 1.65. The van der Waals surface area contributed by atoms with Crippen molar-refractivity contribution in [3.63, 3.8) is 0 Å². The maximum Gasteiger partial charge on any atom is 0.357 e. The number of nitriles is 1. The van der Waals surface area contributed by atoms with E-state index in [4.69, 9.17) is 10.5 Å². The number of aromatic nitrogens is 1. The number of ether oxygens (including phenoxy) is 1. The fraction of sp³-hybridized carbons (Fsp3) is 0.100. The number of carbonyl (C=O) groups is 1. The van der Waals surface area contributed by atoms with Crippen molar-refractivity contribution in [2.75, 3.05) is 12.8 Å². The van der Waals surface area contributed by atoms with E-state index in [0.717, 1.165) is 15.5 Å². The summed E-state index contributed by atoms with van der Waals surface area (Å²) in [4.78, 5) is 14.3. The molecule has 5 nitrogen and oxygen atoms in total. The van der Waals surface area contributed by atoms with Gasteiger partial charge in [-0.1, -0.05) is 29.5 Å². The van der Waals surface area contributed by atoms with E-state index >= 15 is 0 Å². The number of esters is 1. The van der Waals surface area contributed by atoms with Crippen LogP contribution in [-0.2, 0) is 4.74 Å². The SMILES string of the molecule is COC(=O)c1c(N)c(C#N)cn1-c1ccc(Sc2ccc(C)cc2)cc1. The highest BCUT2D eigenvalue weighted by molar-refractivity contribution is 7.99. The Kier molecular flexibility index (Phi) is 5.01. The van der Waals surface area contributed by atoms with Gasteiger partial charge in [0.1, 0.15) is 6.07 Å². The molecule has 0 bridgehead atoms. The average molecular weight is 363 g/mol. The number of nitrogens with zero attached hydrogens (tertiary/aromatic N) is 2. The normalized spacial score (nSPS) is 10.3. The lowest BCUT2D eigenvalue weighted by molar-refractivity contribution is 0.0593. The molecule has 3 rings (SSSR count). The number of anilines is 1. The molecule has 1 aromatic heterocycles. The molecule has 0 aliphatic carbocycles. The summed E-state index contributed by atoms with van der Waals surface area (Å²) in [5.41, 5.74) is 8.39. The molecule has 0 amide bonds. The van der Waals surface area contributed by atoms with Crippen molar-refractivity contribution >= 4 is 23.4 Å². The summed E-state index contributed by atoms with van der Waals surface area (Å²) in [6, 6.07) is 18.0. The maximum absolute atomic E-state index is 12.1. The number of benzene rings is 2. The number of nitrogen functional groups attached to an aromatic ring is 1. The Hall–Kier alpha value is -3.17. The van der Waals surface area contributed by atoms with Gasteiger partial charge in [0.25, 0.3) is 0 Å². The van der Waals surface area contributed by atoms with Crippen LogP contribution in [0, 0.1) is 18.3 Å². The van der Waals surface area contributed by atoms with Crippen LogP contribution in [-0.4, -0.2) is 17.6 Å². The first-order chi connectivity index (χ1) is 12.5. The molecule has 0 radical (unpaired) electrons. The van der Waals surface area contributed by atoms with E-state index in [0.29, 0.717) is 0 Å². The van der Waals surface area contributed by atoms with Gasteiger partial charge >= 0.3 is 5.97 Å². The zero-order chi connectivity index (χ0) is 18.7. The predicted octanol–water partition coefficient (Wildman–Crippen LogP) is 4.18. The van der Waals surface area contributed by atoms with Crippen LogP contribution in [0.5, 0.6) is 0 Å². The van der Waals surface area contributed by atoms with Crippen molar-refractivity contribution in [2.45, 2.75) is 16.7 Å². The van der Waals surface area contributed by atoms with E-state index in [1.54, 1.807) is 22.5 Å². The quantitative estimate of drug-likeness (QED) is 0.703. The van der Waals surface area contributed by atoms with Gasteiger partial charge in [-0.3, -0.25) is 0 Å². The Labute approximate surface area is 156 Å². The minimum Gasteiger partial charge on any atom is -0.464 e. The van der Waals surface area contributed by atoms with E-state index in [2.05, 4.69) is 31.2 Å². The number of carbonyl (C=O) groups excluding carboxylic acids is 1. The van der Waals surface area contributed by atoms with Gasteiger partial charge in [0.05, 0.1) is 18.4 Å². The molecule has 0 aliphatic rings. The molecule has 2 aromatic carbocycles. The zero-order valence-electron chi connectivity index (χ0n) is 14.4. The highest BCUT2D eigenvalue weighted by atomic mass is 32.2. The van der Waals surface area contributed by atoms with Gasteiger partial charge in [0, 0.05) is 21.7 Å². The van der Waals surface area contributed by atoms with Crippen molar-refractivity contribution in [1.82, 2.24) is 4.57 Å². The van der Waals surface area contributed by atoms with Crippen LogP contribution in [0.3, 0.4) is 0 Å². The monoisotopic (exact) mass is 363 g/mol. The fourth-order valence-electron chi connectivity index (χ4n) is 2.54. The van der Waals surface area contributed by atoms with E-state index in [9.17, 15) is 10.1 Å². The lowest BCUT2D eigenvalue weighted by atomic mass is 10.2. The average Bonchev–Trinajstić information content (AvgIpc) is 3.00. The van der Waals surface area contributed by atoms with Gasteiger partial charge in [0.15, 0.2) is 5.69 Å². The molecule has 0 unspecified atom stereocenters. The molecule has 6 heteroatoms. The number of methoxy groups -OCH3 is 1. The number of nitrogens with two attached hydrogens (primary N) is 1. The number of aryl methyl sites for hydroxylation is 1. The Morgan fingerprint density at radius 3 is 2.23 bits per heavy atom. The van der Waals surface area contributed by atoms with Crippen molar-refractivity contribution in [2.24, 2.45) is 0 Å². The van der Waals surface area contributed by atoms with Gasteiger partial charge in [0.2, 0.25) is 0 Å². The van der Waals surface area contributed by atoms with Crippen molar-refractivity contribution in [3.05, 3.63) is 71.5 Å². The Morgan fingerprint density at radius 1 is 1.12 bits per heavy atom. The molecule has 26 heavy (non-hydrogen) atoms. The lowest BCUT2D eigenvalue weighted by Gasteiger charge is -2.09. The van der Waals surface area contributed by atoms with Crippen LogP contribution in [0.2, 0.25) is 0 Å². The Morgan fingerprint density at radius 2 is 1.69 bits per heavy atom. The summed E-state index contributed by atoms with van der Waals surface area (Å²) in [7, 11) is 1.28. The number of hydrogen-bond acceptors (Lipinski definition) is 5. The molecule has 0 atom stereocenters. The zero-order valence-corrected chi connectivity index (χ0v) is 15.2. The second-order valence-electron chi connectivity index (χ2n) is 5.69. The molecule has 0 spiro atoms. The molecule has 2 N–H and O–H groups in total. The molecule has 130 valence electrons. The molecule has 0 saturated heterocycles. The van der Waals surface area contributed by atoms with Crippen LogP contribution in [0.25, 0.3) is 5.69 Å². The van der Waals surface area contributed by atoms with Gasteiger partial charge in [-0.05, 0) is 43.3 Å². The van der Waals surface area contributed by atoms with Gasteiger partial charge in [-0.25, -0.2) is 4.79 Å². The third-order valence-electron chi connectivity index (χ3n) is 3.92. The van der Waals surface area contributed by atoms with Crippen molar-refractivity contribution in [1.29, 1.82) is 5.26 Å². The Bertz CT molecular complexity index is 984. The van der Waals surface area contributed by atoms with Gasteiger partial charge in [-0.2, -0.15) is 5.26 Å². The van der Waals surface area contributed by atoms with E-state index < -0.39 is 5.97 Å². The molecule has 0 aliphatic heterocycles. The van der Waals surface area contributed by atoms with Crippen LogP contribution in [0.4, 0.5) is 5.69 Å². The molecule has 3 aromatic rings. The first-order valence-corrected chi connectivity index (χ1v) is 8.69. The van der Waals surface area contributed by atoms with E-state index in [1.165, 1.54) is 12.7 Å². The first-order valence-electron chi connectivity index (χ1n) is 7.87. The van der Waals surface area contributed by atoms with Crippen LogP contribution in [0.1, 0.15) is 21.6 Å². The summed E-state index contributed by atoms with van der Waals surface area (Å²) in [6.45, 7) is 2.06. The van der Waals surface area contributed by atoms with Crippen LogP contribution in [0.15, 0.2) is 64.5 Å². The minimum atomic E-state index is -0.581. The third kappa shape index (κ3) is 3.44. The smallest absolute Gasteiger partial charge is 0.357 e. The lowest BCUT2D eigenvalue weighted by Crippen LogP contribution is -2.11. The third-order valence-corrected chi connectivity index (χ3v) is 4.93. The minimum absolute atomic E-state index is 0.123. The van der Waals surface area contributed by atoms with Crippen molar-refractivity contribution < 1.29 is 9.53 Å². The first kappa shape index (κ1) is 17.6. The maximum atomic E-state index is 12.1. The highest BCUT2D eigenvalue weighted by Gasteiger charge is 2.21. The van der Waals surface area contributed by atoms with Crippen LogP contribution < -0.4 is 5.73 Å². The summed E-state index contributed by atoms with van der Waals surface area (Å²) in [6.07, 6.45) is 1.55. The largest absolute Gasteiger partial charge is 0.464 e. The standard InChI is InChI=1S/C20H17N3O2S/c1-13-3-7-16(8-4-13)26-17-9-5-15(6-10-17)23-12-14(11-21)18(22)19(23)20(24)25-2/h3-10,12H,22H2,1-2H3. The predicted molar refractivity (Wildman–Crippen MR) is 102 cm³/mol. The van der Waals surface area contributed by atoms with E-state index in [1.807, 2.05) is 30.3 Å². The molecular weight excluding hydrogens is 346 g/mol. The Balaban J connectivity index is 1.92. The van der Waals surface area contributed by atoms with E-state index in [-0.39, 0.29) is 16.9 Å². The van der Waals surface area contributed by atoms with Gasteiger partial charge < -0.3 is 15.0 Å². The second-order valence-corrected chi connectivity index (χ2v) is 6.83. The molecule has 0 fully saturated rings. The fourth-order valence-corrected chi connectivity index (χ4v) is 3.35. The van der Waals surface area contributed by atoms with Gasteiger partial charge in [-0.15, -0.1) is 0 Å². The summed E-state index contributed by atoms with van der Waals surface area (Å²) < 4.78 is 6.38. The topological polar surface area (TPSA) is 81.0 Å².